The maximum Gasteiger partial charge on any atom is 0.341 e. The highest BCUT2D eigenvalue weighted by Gasteiger charge is 2.33. The molecule has 0 amide bonds. The van der Waals surface area contributed by atoms with Crippen LogP contribution in [0, 0.1) is 5.82 Å². The van der Waals surface area contributed by atoms with Crippen LogP contribution in [0.3, 0.4) is 0 Å². The Balaban J connectivity index is 2.25. The van der Waals surface area contributed by atoms with E-state index < -0.39 is 34.4 Å². The lowest BCUT2D eigenvalue weighted by molar-refractivity contribution is 0.0694. The van der Waals surface area contributed by atoms with Gasteiger partial charge in [-0.15, -0.1) is 6.58 Å². The van der Waals surface area contributed by atoms with E-state index in [0.29, 0.717) is 19.4 Å². The van der Waals surface area contributed by atoms with E-state index in [-0.39, 0.29) is 22.9 Å². The van der Waals surface area contributed by atoms with Crippen LogP contribution >= 0.6 is 0 Å². The molecule has 2 N–H and O–H groups in total. The molecule has 2 aromatic rings. The summed E-state index contributed by atoms with van der Waals surface area (Å²) in [5.74, 6) is -2.02. The van der Waals surface area contributed by atoms with Crippen molar-refractivity contribution in [3.63, 3.8) is 0 Å². The highest BCUT2D eigenvalue weighted by molar-refractivity contribution is 5.92. The molecule has 0 spiro atoms. The zero-order valence-corrected chi connectivity index (χ0v) is 16.9. The number of fused-ring (bicyclic) bond motifs is 1. The minimum atomic E-state index is -1.37. The van der Waals surface area contributed by atoms with Crippen LogP contribution in [0.5, 0.6) is 0 Å². The summed E-state index contributed by atoms with van der Waals surface area (Å²) < 4.78 is 16.6. The highest BCUT2D eigenvalue weighted by Crippen LogP contribution is 2.31. The summed E-state index contributed by atoms with van der Waals surface area (Å²) >= 11 is 0. The lowest BCUT2D eigenvalue weighted by atomic mass is 10.0. The third kappa shape index (κ3) is 3.76. The quantitative estimate of drug-likeness (QED) is 0.746. The van der Waals surface area contributed by atoms with Gasteiger partial charge in [0.2, 0.25) is 5.43 Å². The minimum Gasteiger partial charge on any atom is -0.477 e. The number of carbonyl (C=O) groups is 1. The van der Waals surface area contributed by atoms with Gasteiger partial charge in [-0.05, 0) is 46.1 Å². The Labute approximate surface area is 168 Å². The van der Waals surface area contributed by atoms with Crippen molar-refractivity contribution in [1.82, 2.24) is 9.55 Å². The summed E-state index contributed by atoms with van der Waals surface area (Å²) in [6.07, 6.45) is 4.03. The van der Waals surface area contributed by atoms with Gasteiger partial charge in [0.15, 0.2) is 11.6 Å². The number of halogens is 1. The van der Waals surface area contributed by atoms with Gasteiger partial charge in [-0.1, -0.05) is 6.08 Å². The van der Waals surface area contributed by atoms with Gasteiger partial charge in [0.05, 0.1) is 17.5 Å². The van der Waals surface area contributed by atoms with E-state index in [4.69, 9.17) is 0 Å². The van der Waals surface area contributed by atoms with E-state index in [0.717, 1.165) is 12.5 Å². The fourth-order valence-electron chi connectivity index (χ4n) is 3.86. The van der Waals surface area contributed by atoms with Crippen LogP contribution in [0.1, 0.15) is 50.4 Å². The van der Waals surface area contributed by atoms with E-state index >= 15 is 4.39 Å². The molecule has 0 saturated carbocycles. The number of anilines is 1. The van der Waals surface area contributed by atoms with E-state index in [2.05, 4.69) is 11.6 Å². The van der Waals surface area contributed by atoms with Gasteiger partial charge >= 0.3 is 5.97 Å². The SMILES string of the molecule is C=CC[C@@H](O)[C@@H]1CCCN1c1nc2c(cc1F)c(=O)c(C(=O)O)cn2C(C)(C)C. The maximum atomic E-state index is 15.0. The smallest absolute Gasteiger partial charge is 0.341 e. The molecular formula is C21H26FN3O4. The first kappa shape index (κ1) is 21.0. The second kappa shape index (κ2) is 7.59. The predicted octanol–water partition coefficient (Wildman–Crippen LogP) is 2.89. The van der Waals surface area contributed by atoms with Crippen molar-refractivity contribution in [2.75, 3.05) is 11.4 Å². The van der Waals surface area contributed by atoms with Gasteiger partial charge in [0.25, 0.3) is 0 Å². The number of hydrogen-bond acceptors (Lipinski definition) is 5. The molecule has 2 atom stereocenters. The number of carboxylic acid groups (broad SMARTS) is 1. The monoisotopic (exact) mass is 403 g/mol. The molecule has 0 radical (unpaired) electrons. The molecule has 0 unspecified atom stereocenters. The molecule has 29 heavy (non-hydrogen) atoms. The number of aliphatic hydroxyl groups excluding tert-OH is 1. The van der Waals surface area contributed by atoms with Crippen LogP contribution in [0.4, 0.5) is 10.2 Å². The average molecular weight is 403 g/mol. The van der Waals surface area contributed by atoms with Crippen molar-refractivity contribution >= 4 is 22.8 Å². The summed E-state index contributed by atoms with van der Waals surface area (Å²) in [5, 5.41) is 19.7. The number of hydrogen-bond donors (Lipinski definition) is 2. The number of aromatic carboxylic acids is 1. The van der Waals surface area contributed by atoms with Crippen LogP contribution in [0.2, 0.25) is 0 Å². The molecular weight excluding hydrogens is 377 g/mol. The van der Waals surface area contributed by atoms with Crippen molar-refractivity contribution in [2.45, 2.75) is 57.7 Å². The van der Waals surface area contributed by atoms with Crippen LogP contribution in [0.25, 0.3) is 11.0 Å². The van der Waals surface area contributed by atoms with Crippen LogP contribution in [-0.4, -0.2) is 44.4 Å². The van der Waals surface area contributed by atoms with Gasteiger partial charge < -0.3 is 19.7 Å². The standard InChI is InChI=1S/C21H26FN3O4/c1-5-7-16(26)15-8-6-9-24(15)19-14(22)10-12-17(27)13(20(28)29)11-25(18(12)23-19)21(2,3)4/h5,10-11,15-16,26H,1,6-9H2,2-4H3,(H,28,29)/t15-,16+/m0/s1. The van der Waals surface area contributed by atoms with Gasteiger partial charge in [-0.2, -0.15) is 0 Å². The second-order valence-corrected chi connectivity index (χ2v) is 8.38. The molecule has 7 nitrogen and oxygen atoms in total. The molecule has 1 aliphatic rings. The van der Waals surface area contributed by atoms with Gasteiger partial charge in [-0.3, -0.25) is 4.79 Å². The number of rotatable bonds is 5. The Morgan fingerprint density at radius 1 is 1.48 bits per heavy atom. The number of nitrogens with zero attached hydrogens (tertiary/aromatic N) is 3. The fraction of sp³-hybridized carbons (Fsp3) is 0.476. The third-order valence-corrected chi connectivity index (χ3v) is 5.29. The van der Waals surface area contributed by atoms with E-state index in [1.807, 2.05) is 20.8 Å². The van der Waals surface area contributed by atoms with E-state index in [9.17, 15) is 19.8 Å². The first-order chi connectivity index (χ1) is 13.6. The van der Waals surface area contributed by atoms with Crippen LogP contribution in [0.15, 0.2) is 29.7 Å². The molecule has 1 aliphatic heterocycles. The molecule has 0 bridgehead atoms. The fourth-order valence-corrected chi connectivity index (χ4v) is 3.86. The summed E-state index contributed by atoms with van der Waals surface area (Å²) in [4.78, 5) is 30.3. The van der Waals surface area contributed by atoms with Crippen molar-refractivity contribution in [3.05, 3.63) is 46.5 Å². The van der Waals surface area contributed by atoms with Crippen LogP contribution < -0.4 is 10.3 Å². The van der Waals surface area contributed by atoms with E-state index in [1.54, 1.807) is 15.5 Å². The molecule has 2 aromatic heterocycles. The third-order valence-electron chi connectivity index (χ3n) is 5.29. The Kier molecular flexibility index (Phi) is 5.49. The predicted molar refractivity (Wildman–Crippen MR) is 109 cm³/mol. The van der Waals surface area contributed by atoms with Crippen molar-refractivity contribution < 1.29 is 19.4 Å². The molecule has 0 aromatic carbocycles. The zero-order chi connectivity index (χ0) is 21.5. The van der Waals surface area contributed by atoms with Crippen molar-refractivity contribution in [1.29, 1.82) is 0 Å². The number of aliphatic hydroxyl groups is 1. The normalized spacial score (nSPS) is 18.2. The molecule has 1 fully saturated rings. The Bertz CT molecular complexity index is 1030. The minimum absolute atomic E-state index is 0.0589. The topological polar surface area (TPSA) is 95.7 Å². The summed E-state index contributed by atoms with van der Waals surface area (Å²) in [7, 11) is 0. The number of pyridine rings is 2. The first-order valence-electron chi connectivity index (χ1n) is 9.61. The van der Waals surface area contributed by atoms with Crippen molar-refractivity contribution in [2.24, 2.45) is 0 Å². The van der Waals surface area contributed by atoms with E-state index in [1.165, 1.54) is 6.20 Å². The molecule has 8 heteroatoms. The second-order valence-electron chi connectivity index (χ2n) is 8.38. The number of carboxylic acids is 1. The summed E-state index contributed by atoms with van der Waals surface area (Å²) in [6.45, 7) is 9.71. The van der Waals surface area contributed by atoms with Gasteiger partial charge in [-0.25, -0.2) is 14.2 Å². The maximum absolute atomic E-state index is 15.0. The van der Waals surface area contributed by atoms with Crippen LogP contribution in [-0.2, 0) is 5.54 Å². The average Bonchev–Trinajstić information content (AvgIpc) is 3.10. The Morgan fingerprint density at radius 2 is 2.17 bits per heavy atom. The summed E-state index contributed by atoms with van der Waals surface area (Å²) in [6, 6.07) is 0.754. The largest absolute Gasteiger partial charge is 0.477 e. The summed E-state index contributed by atoms with van der Waals surface area (Å²) in [5.41, 5.74) is -1.57. The molecule has 0 aliphatic carbocycles. The van der Waals surface area contributed by atoms with Crippen molar-refractivity contribution in [3.8, 4) is 0 Å². The molecule has 3 rings (SSSR count). The van der Waals surface area contributed by atoms with Gasteiger partial charge in [0, 0.05) is 18.3 Å². The molecule has 1 saturated heterocycles. The number of aromatic nitrogens is 2. The lowest BCUT2D eigenvalue weighted by Gasteiger charge is -2.31. The Morgan fingerprint density at radius 3 is 2.76 bits per heavy atom. The highest BCUT2D eigenvalue weighted by atomic mass is 19.1. The molecule has 156 valence electrons. The zero-order valence-electron chi connectivity index (χ0n) is 16.9. The molecule has 3 heterocycles. The lowest BCUT2D eigenvalue weighted by Crippen LogP contribution is -2.40. The van der Waals surface area contributed by atoms with Gasteiger partial charge in [0.1, 0.15) is 11.2 Å². The Hall–Kier alpha value is -2.74. The first-order valence-corrected chi connectivity index (χ1v) is 9.61.